The van der Waals surface area contributed by atoms with E-state index in [1.165, 1.54) is 18.2 Å². The summed E-state index contributed by atoms with van der Waals surface area (Å²) >= 11 is 8.83. The molecule has 0 aliphatic rings. The van der Waals surface area contributed by atoms with Crippen LogP contribution in [0.3, 0.4) is 0 Å². The lowest BCUT2D eigenvalue weighted by molar-refractivity contribution is 0.0772. The van der Waals surface area contributed by atoms with E-state index in [4.69, 9.17) is 11.6 Å². The minimum atomic E-state index is -0.423. The van der Waals surface area contributed by atoms with Crippen LogP contribution in [0.25, 0.3) is 0 Å². The third-order valence-corrected chi connectivity index (χ3v) is 3.04. The Morgan fingerprint density at radius 2 is 2.25 bits per heavy atom. The monoisotopic (exact) mass is 307 g/mol. The van der Waals surface area contributed by atoms with Crippen molar-refractivity contribution in [2.24, 2.45) is 0 Å². The summed E-state index contributed by atoms with van der Waals surface area (Å²) in [5, 5.41) is 0. The molecule has 0 saturated carbocycles. The molecule has 0 fully saturated rings. The molecule has 0 saturated heterocycles. The van der Waals surface area contributed by atoms with Crippen LogP contribution in [-0.2, 0) is 0 Å². The fourth-order valence-electron chi connectivity index (χ4n) is 1.34. The van der Waals surface area contributed by atoms with Gasteiger partial charge in [0.1, 0.15) is 5.82 Å². The fourth-order valence-corrected chi connectivity index (χ4v) is 1.96. The fraction of sp³-hybridized carbons (Fsp3) is 0.364. The van der Waals surface area contributed by atoms with Crippen molar-refractivity contribution in [3.05, 3.63) is 34.1 Å². The molecule has 0 aromatic heterocycles. The van der Waals surface area contributed by atoms with E-state index in [1.807, 2.05) is 6.92 Å². The number of benzene rings is 1. The molecule has 0 radical (unpaired) electrons. The zero-order valence-corrected chi connectivity index (χ0v) is 11.2. The van der Waals surface area contributed by atoms with Crippen molar-refractivity contribution in [3.8, 4) is 0 Å². The Hall–Kier alpha value is -0.610. The van der Waals surface area contributed by atoms with Crippen LogP contribution in [0, 0.1) is 5.82 Å². The number of hydrogen-bond donors (Lipinski definition) is 0. The zero-order chi connectivity index (χ0) is 12.1. The van der Waals surface area contributed by atoms with E-state index in [0.29, 0.717) is 29.0 Å². The maximum atomic E-state index is 13.0. The molecule has 1 aromatic rings. The molecular formula is C11H12BrClFNO. The first-order valence-electron chi connectivity index (χ1n) is 4.90. The molecule has 1 amide bonds. The van der Waals surface area contributed by atoms with Gasteiger partial charge in [0.25, 0.3) is 5.91 Å². The maximum Gasteiger partial charge on any atom is 0.255 e. The van der Waals surface area contributed by atoms with E-state index >= 15 is 0 Å². The molecule has 0 bridgehead atoms. The molecule has 0 atom stereocenters. The molecule has 0 aliphatic heterocycles. The predicted molar refractivity (Wildman–Crippen MR) is 66.4 cm³/mol. The average Bonchev–Trinajstić information content (AvgIpc) is 2.28. The maximum absolute atomic E-state index is 13.0. The Bertz CT molecular complexity index is 386. The number of rotatable bonds is 4. The molecule has 0 aliphatic carbocycles. The molecule has 5 heteroatoms. The van der Waals surface area contributed by atoms with Crippen molar-refractivity contribution in [1.82, 2.24) is 4.90 Å². The molecule has 2 nitrogen and oxygen atoms in total. The zero-order valence-electron chi connectivity index (χ0n) is 8.84. The van der Waals surface area contributed by atoms with Gasteiger partial charge in [-0.3, -0.25) is 4.79 Å². The largest absolute Gasteiger partial charge is 0.338 e. The van der Waals surface area contributed by atoms with Gasteiger partial charge < -0.3 is 4.90 Å². The summed E-state index contributed by atoms with van der Waals surface area (Å²) in [6.07, 6.45) is 0. The highest BCUT2D eigenvalue weighted by Crippen LogP contribution is 2.19. The normalized spacial score (nSPS) is 10.2. The second-order valence-corrected chi connectivity index (χ2v) is 4.43. The first-order chi connectivity index (χ1) is 7.60. The SMILES string of the molecule is CCN(CCCl)C(=O)c1cc(F)ccc1Br. The molecule has 1 rings (SSSR count). The number of halogens is 3. The van der Waals surface area contributed by atoms with Crippen LogP contribution < -0.4 is 0 Å². The van der Waals surface area contributed by atoms with Crippen LogP contribution in [0.2, 0.25) is 0 Å². The van der Waals surface area contributed by atoms with Gasteiger partial charge in [-0.2, -0.15) is 0 Å². The number of amides is 1. The molecule has 0 unspecified atom stereocenters. The highest BCUT2D eigenvalue weighted by atomic mass is 79.9. The summed E-state index contributed by atoms with van der Waals surface area (Å²) < 4.78 is 13.6. The number of hydrogen-bond acceptors (Lipinski definition) is 1. The highest BCUT2D eigenvalue weighted by Gasteiger charge is 2.16. The second kappa shape index (κ2) is 6.21. The highest BCUT2D eigenvalue weighted by molar-refractivity contribution is 9.10. The van der Waals surface area contributed by atoms with Crippen molar-refractivity contribution < 1.29 is 9.18 Å². The molecular weight excluding hydrogens is 296 g/mol. The lowest BCUT2D eigenvalue weighted by Gasteiger charge is -2.20. The smallest absolute Gasteiger partial charge is 0.255 e. The Balaban J connectivity index is 2.98. The minimum Gasteiger partial charge on any atom is -0.338 e. The summed E-state index contributed by atoms with van der Waals surface area (Å²) in [5.41, 5.74) is 0.326. The lowest BCUT2D eigenvalue weighted by atomic mass is 10.2. The molecule has 0 N–H and O–H groups in total. The van der Waals surface area contributed by atoms with Crippen LogP contribution in [-0.4, -0.2) is 29.8 Å². The summed E-state index contributed by atoms with van der Waals surface area (Å²) in [7, 11) is 0. The number of carbonyl (C=O) groups excluding carboxylic acids is 1. The van der Waals surface area contributed by atoms with Crippen LogP contribution in [0.15, 0.2) is 22.7 Å². The van der Waals surface area contributed by atoms with Gasteiger partial charge in [-0.1, -0.05) is 0 Å². The van der Waals surface area contributed by atoms with Crippen LogP contribution in [0.5, 0.6) is 0 Å². The summed E-state index contributed by atoms with van der Waals surface area (Å²) in [6, 6.07) is 4.05. The predicted octanol–water partition coefficient (Wildman–Crippen LogP) is 3.29. The summed E-state index contributed by atoms with van der Waals surface area (Å²) in [4.78, 5) is 13.6. The number of nitrogens with zero attached hydrogens (tertiary/aromatic N) is 1. The summed E-state index contributed by atoms with van der Waals surface area (Å²) in [6.45, 7) is 2.87. The van der Waals surface area contributed by atoms with Gasteiger partial charge in [-0.15, -0.1) is 11.6 Å². The standard InChI is InChI=1S/C11H12BrClFNO/c1-2-15(6-5-13)11(16)9-7-8(14)3-4-10(9)12/h3-4,7H,2,5-6H2,1H3. The van der Waals surface area contributed by atoms with Crippen molar-refractivity contribution in [2.75, 3.05) is 19.0 Å². The van der Waals surface area contributed by atoms with Crippen molar-refractivity contribution in [3.63, 3.8) is 0 Å². The van der Waals surface area contributed by atoms with Gasteiger partial charge in [0, 0.05) is 23.4 Å². The topological polar surface area (TPSA) is 20.3 Å². The number of alkyl halides is 1. The Kier molecular flexibility index (Phi) is 5.22. The van der Waals surface area contributed by atoms with Crippen LogP contribution in [0.1, 0.15) is 17.3 Å². The Morgan fingerprint density at radius 1 is 1.56 bits per heavy atom. The van der Waals surface area contributed by atoms with Gasteiger partial charge in [0.2, 0.25) is 0 Å². The van der Waals surface area contributed by atoms with E-state index < -0.39 is 5.82 Å². The van der Waals surface area contributed by atoms with Gasteiger partial charge in [-0.05, 0) is 41.1 Å². The molecule has 88 valence electrons. The van der Waals surface area contributed by atoms with Gasteiger partial charge >= 0.3 is 0 Å². The van der Waals surface area contributed by atoms with Crippen molar-refractivity contribution >= 4 is 33.4 Å². The van der Waals surface area contributed by atoms with E-state index in [9.17, 15) is 9.18 Å². The van der Waals surface area contributed by atoms with E-state index in [0.717, 1.165) is 0 Å². The Morgan fingerprint density at radius 3 is 2.81 bits per heavy atom. The van der Waals surface area contributed by atoms with Crippen LogP contribution in [0.4, 0.5) is 4.39 Å². The van der Waals surface area contributed by atoms with E-state index in [1.54, 1.807) is 4.90 Å². The van der Waals surface area contributed by atoms with Gasteiger partial charge in [0.15, 0.2) is 0 Å². The third-order valence-electron chi connectivity index (χ3n) is 2.18. The van der Waals surface area contributed by atoms with Crippen molar-refractivity contribution in [2.45, 2.75) is 6.92 Å². The number of carbonyl (C=O) groups is 1. The van der Waals surface area contributed by atoms with Gasteiger partial charge in [-0.25, -0.2) is 4.39 Å². The van der Waals surface area contributed by atoms with Crippen LogP contribution >= 0.6 is 27.5 Å². The molecule has 0 spiro atoms. The first kappa shape index (κ1) is 13.5. The van der Waals surface area contributed by atoms with Crippen molar-refractivity contribution in [1.29, 1.82) is 0 Å². The van der Waals surface area contributed by atoms with E-state index in [-0.39, 0.29) is 5.91 Å². The second-order valence-electron chi connectivity index (χ2n) is 3.20. The molecule has 16 heavy (non-hydrogen) atoms. The molecule has 0 heterocycles. The lowest BCUT2D eigenvalue weighted by Crippen LogP contribution is -2.32. The third kappa shape index (κ3) is 3.19. The minimum absolute atomic E-state index is 0.213. The summed E-state index contributed by atoms with van der Waals surface area (Å²) in [5.74, 6) is -0.269. The first-order valence-corrected chi connectivity index (χ1v) is 6.23. The van der Waals surface area contributed by atoms with E-state index in [2.05, 4.69) is 15.9 Å². The van der Waals surface area contributed by atoms with Gasteiger partial charge in [0.05, 0.1) is 5.56 Å². The average molecular weight is 309 g/mol. The quantitative estimate of drug-likeness (QED) is 0.782. The Labute approximate surface area is 108 Å². The molecule has 1 aromatic carbocycles.